The Morgan fingerprint density at radius 3 is 2.21 bits per heavy atom. The van der Waals surface area contributed by atoms with E-state index in [0.29, 0.717) is 18.0 Å². The molecule has 0 atom stereocenters. The molecule has 0 aromatic heterocycles. The highest BCUT2D eigenvalue weighted by Gasteiger charge is 2.31. The van der Waals surface area contributed by atoms with Crippen molar-refractivity contribution >= 4 is 5.91 Å². The summed E-state index contributed by atoms with van der Waals surface area (Å²) >= 11 is 0. The number of rotatable bonds is 3. The van der Waals surface area contributed by atoms with E-state index >= 15 is 0 Å². The first-order valence-electron chi connectivity index (χ1n) is 7.74. The maximum absolute atomic E-state index is 12.6. The Kier molecular flexibility index (Phi) is 5.22. The molecule has 4 nitrogen and oxygen atoms in total. The Bertz CT molecular complexity index is 292. The van der Waals surface area contributed by atoms with Crippen LogP contribution in [0.3, 0.4) is 0 Å². The zero-order chi connectivity index (χ0) is 13.8. The quantitative estimate of drug-likeness (QED) is 0.837. The van der Waals surface area contributed by atoms with Gasteiger partial charge in [-0.25, -0.2) is 0 Å². The molecule has 1 saturated carbocycles. The van der Waals surface area contributed by atoms with Gasteiger partial charge >= 0.3 is 0 Å². The van der Waals surface area contributed by atoms with Crippen molar-refractivity contribution in [3.8, 4) is 0 Å². The standard InChI is InChI=1S/C15H29N3O/c1-16-13-6-4-12(5-7-13)15(19)18(3)14-8-10-17(2)11-9-14/h12-14,16H,4-11H2,1-3H3. The Labute approximate surface area is 117 Å². The SMILES string of the molecule is CNC1CCC(C(=O)N(C)C2CCN(C)CC2)CC1. The molecule has 1 aliphatic heterocycles. The second kappa shape index (κ2) is 6.71. The van der Waals surface area contributed by atoms with Crippen LogP contribution in [0.5, 0.6) is 0 Å². The third-order valence-corrected chi connectivity index (χ3v) is 5.07. The minimum absolute atomic E-state index is 0.272. The summed E-state index contributed by atoms with van der Waals surface area (Å²) in [6, 6.07) is 1.09. The molecule has 2 rings (SSSR count). The maximum Gasteiger partial charge on any atom is 0.225 e. The number of carbonyl (C=O) groups is 1. The monoisotopic (exact) mass is 267 g/mol. The van der Waals surface area contributed by atoms with E-state index in [1.807, 2.05) is 14.1 Å². The molecule has 110 valence electrons. The minimum Gasteiger partial charge on any atom is -0.342 e. The van der Waals surface area contributed by atoms with Crippen molar-refractivity contribution in [2.24, 2.45) is 5.92 Å². The molecule has 2 fully saturated rings. The first-order chi connectivity index (χ1) is 9.11. The number of hydrogen-bond donors (Lipinski definition) is 1. The lowest BCUT2D eigenvalue weighted by atomic mass is 9.85. The normalized spacial score (nSPS) is 30.3. The molecular weight excluding hydrogens is 238 g/mol. The molecule has 0 aromatic rings. The summed E-state index contributed by atoms with van der Waals surface area (Å²) in [5, 5.41) is 3.33. The van der Waals surface area contributed by atoms with E-state index < -0.39 is 0 Å². The van der Waals surface area contributed by atoms with E-state index in [4.69, 9.17) is 0 Å². The van der Waals surface area contributed by atoms with E-state index in [1.165, 1.54) is 0 Å². The van der Waals surface area contributed by atoms with Crippen LogP contribution < -0.4 is 5.32 Å². The van der Waals surface area contributed by atoms with Crippen molar-refractivity contribution < 1.29 is 4.79 Å². The Morgan fingerprint density at radius 2 is 1.68 bits per heavy atom. The van der Waals surface area contributed by atoms with Gasteiger partial charge in [0.05, 0.1) is 0 Å². The highest BCUT2D eigenvalue weighted by Crippen LogP contribution is 2.27. The van der Waals surface area contributed by atoms with Crippen molar-refractivity contribution in [1.29, 1.82) is 0 Å². The van der Waals surface area contributed by atoms with Gasteiger partial charge in [0.15, 0.2) is 0 Å². The third-order valence-electron chi connectivity index (χ3n) is 5.07. The summed E-state index contributed by atoms with van der Waals surface area (Å²) in [5.41, 5.74) is 0. The van der Waals surface area contributed by atoms with Crippen molar-refractivity contribution in [3.63, 3.8) is 0 Å². The van der Waals surface area contributed by atoms with Gasteiger partial charge < -0.3 is 15.1 Å². The van der Waals surface area contributed by atoms with E-state index in [9.17, 15) is 4.79 Å². The lowest BCUT2D eigenvalue weighted by molar-refractivity contribution is -0.138. The molecule has 0 bridgehead atoms. The Hall–Kier alpha value is -0.610. The number of nitrogens with one attached hydrogen (secondary N) is 1. The van der Waals surface area contributed by atoms with Gasteiger partial charge in [-0.2, -0.15) is 0 Å². The van der Waals surface area contributed by atoms with Gasteiger partial charge in [-0.15, -0.1) is 0 Å². The van der Waals surface area contributed by atoms with Crippen LogP contribution in [0.25, 0.3) is 0 Å². The second-order valence-electron chi connectivity index (χ2n) is 6.32. The molecule has 0 unspecified atom stereocenters. The maximum atomic E-state index is 12.6. The van der Waals surface area contributed by atoms with Crippen LogP contribution >= 0.6 is 0 Å². The van der Waals surface area contributed by atoms with Crippen LogP contribution in [0.15, 0.2) is 0 Å². The van der Waals surface area contributed by atoms with Crippen molar-refractivity contribution in [1.82, 2.24) is 15.1 Å². The lowest BCUT2D eigenvalue weighted by Crippen LogP contribution is -2.47. The predicted octanol–water partition coefficient (Wildman–Crippen LogP) is 1.32. The molecule has 19 heavy (non-hydrogen) atoms. The van der Waals surface area contributed by atoms with Gasteiger partial charge in [-0.3, -0.25) is 4.79 Å². The van der Waals surface area contributed by atoms with Gasteiger partial charge in [0, 0.05) is 25.0 Å². The van der Waals surface area contributed by atoms with E-state index in [2.05, 4.69) is 22.2 Å². The average Bonchev–Trinajstić information content (AvgIpc) is 2.46. The smallest absolute Gasteiger partial charge is 0.225 e. The largest absolute Gasteiger partial charge is 0.342 e. The summed E-state index contributed by atoms with van der Waals surface area (Å²) in [6.07, 6.45) is 6.67. The van der Waals surface area contributed by atoms with Gasteiger partial charge in [0.1, 0.15) is 0 Å². The molecule has 1 aliphatic carbocycles. The van der Waals surface area contributed by atoms with Crippen LogP contribution in [-0.4, -0.2) is 62.0 Å². The zero-order valence-electron chi connectivity index (χ0n) is 12.7. The molecule has 2 aliphatic rings. The molecule has 4 heteroatoms. The summed E-state index contributed by atoms with van der Waals surface area (Å²) < 4.78 is 0. The third kappa shape index (κ3) is 3.69. The summed E-state index contributed by atoms with van der Waals surface area (Å²) in [4.78, 5) is 17.0. The molecule has 1 N–H and O–H groups in total. The summed E-state index contributed by atoms with van der Waals surface area (Å²) in [6.45, 7) is 2.24. The van der Waals surface area contributed by atoms with E-state index in [0.717, 1.165) is 51.6 Å². The van der Waals surface area contributed by atoms with Crippen molar-refractivity contribution in [2.45, 2.75) is 50.6 Å². The first kappa shape index (κ1) is 14.8. The Balaban J connectivity index is 1.82. The molecule has 1 heterocycles. The van der Waals surface area contributed by atoms with Gasteiger partial charge in [-0.05, 0) is 65.7 Å². The topological polar surface area (TPSA) is 35.6 Å². The fourth-order valence-corrected chi connectivity index (χ4v) is 3.48. The molecule has 0 spiro atoms. The van der Waals surface area contributed by atoms with Crippen LogP contribution in [0.4, 0.5) is 0 Å². The molecule has 1 saturated heterocycles. The van der Waals surface area contributed by atoms with Gasteiger partial charge in [-0.1, -0.05) is 0 Å². The van der Waals surface area contributed by atoms with Crippen LogP contribution in [-0.2, 0) is 4.79 Å². The number of carbonyl (C=O) groups excluding carboxylic acids is 1. The average molecular weight is 267 g/mol. The van der Waals surface area contributed by atoms with Gasteiger partial charge in [0.25, 0.3) is 0 Å². The number of likely N-dealkylation sites (tertiary alicyclic amines) is 1. The predicted molar refractivity (Wildman–Crippen MR) is 78.1 cm³/mol. The second-order valence-corrected chi connectivity index (χ2v) is 6.32. The van der Waals surface area contributed by atoms with E-state index in [1.54, 1.807) is 0 Å². The zero-order valence-corrected chi connectivity index (χ0v) is 12.7. The Morgan fingerprint density at radius 1 is 1.11 bits per heavy atom. The van der Waals surface area contributed by atoms with Gasteiger partial charge in [0.2, 0.25) is 5.91 Å². The molecule has 0 radical (unpaired) electrons. The number of nitrogens with zero attached hydrogens (tertiary/aromatic N) is 2. The number of amides is 1. The summed E-state index contributed by atoms with van der Waals surface area (Å²) in [7, 11) is 6.21. The van der Waals surface area contributed by atoms with Crippen LogP contribution in [0, 0.1) is 5.92 Å². The minimum atomic E-state index is 0.272. The molecular formula is C15H29N3O. The van der Waals surface area contributed by atoms with Crippen LogP contribution in [0.2, 0.25) is 0 Å². The molecule has 1 amide bonds. The summed E-state index contributed by atoms with van der Waals surface area (Å²) in [5.74, 6) is 0.665. The number of piperidine rings is 1. The van der Waals surface area contributed by atoms with Crippen LogP contribution in [0.1, 0.15) is 38.5 Å². The highest BCUT2D eigenvalue weighted by atomic mass is 16.2. The number of hydrogen-bond acceptors (Lipinski definition) is 3. The van der Waals surface area contributed by atoms with Crippen molar-refractivity contribution in [3.05, 3.63) is 0 Å². The van der Waals surface area contributed by atoms with Crippen molar-refractivity contribution in [2.75, 3.05) is 34.2 Å². The van der Waals surface area contributed by atoms with E-state index in [-0.39, 0.29) is 5.92 Å². The highest BCUT2D eigenvalue weighted by molar-refractivity contribution is 5.79. The molecule has 0 aromatic carbocycles. The fraction of sp³-hybridized carbons (Fsp3) is 0.933. The first-order valence-corrected chi connectivity index (χ1v) is 7.74. The fourth-order valence-electron chi connectivity index (χ4n) is 3.48. The lowest BCUT2D eigenvalue weighted by Gasteiger charge is -2.38.